The number of carbonyl (C=O) groups excluding carboxylic acids is 1. The van der Waals surface area contributed by atoms with E-state index in [1.165, 1.54) is 6.07 Å². The van der Waals surface area contributed by atoms with Crippen molar-refractivity contribution in [3.63, 3.8) is 0 Å². The number of benzene rings is 3. The van der Waals surface area contributed by atoms with Crippen molar-refractivity contribution < 1.29 is 13.6 Å². The van der Waals surface area contributed by atoms with Crippen LogP contribution in [0.5, 0.6) is 0 Å². The fourth-order valence-corrected chi connectivity index (χ4v) is 5.03. The molecule has 0 aliphatic carbocycles. The molecule has 3 aromatic carbocycles. The van der Waals surface area contributed by atoms with Crippen molar-refractivity contribution in [3.05, 3.63) is 116 Å². The van der Waals surface area contributed by atoms with Crippen LogP contribution in [0.3, 0.4) is 0 Å². The lowest BCUT2D eigenvalue weighted by molar-refractivity contribution is 0.0589. The highest BCUT2D eigenvalue weighted by Gasteiger charge is 2.33. The first-order valence-electron chi connectivity index (χ1n) is 12.8. The summed E-state index contributed by atoms with van der Waals surface area (Å²) in [6.07, 6.45) is 1.06. The van der Waals surface area contributed by atoms with E-state index in [2.05, 4.69) is 0 Å². The average Bonchev–Trinajstić information content (AvgIpc) is 2.90. The van der Waals surface area contributed by atoms with Crippen molar-refractivity contribution in [1.82, 2.24) is 4.90 Å². The van der Waals surface area contributed by atoms with Crippen LogP contribution in [0.4, 0.5) is 4.39 Å². The summed E-state index contributed by atoms with van der Waals surface area (Å²) < 4.78 is 20.7. The SMILES string of the molecule is Cc1ccc(C(=O)N(CCCN)C(c2oc3cccc(Cc4ccccc4)c3c(=O)c2Cl)C(C)C)cc1F. The molecular formula is C31H32ClFN2O3. The summed E-state index contributed by atoms with van der Waals surface area (Å²) >= 11 is 6.73. The standard InChI is InChI=1S/C31H32ClFN2O3/c1-19(2)28(35(16-8-15-34)31(37)23-14-13-20(3)24(33)18-23)30-27(32)29(36)26-22(11-7-12-25(26)38-30)17-21-9-5-4-6-10-21/h4-7,9-14,18-19,28H,8,15-17,34H2,1-3H3. The Morgan fingerprint density at radius 1 is 1.08 bits per heavy atom. The third kappa shape index (κ3) is 5.66. The van der Waals surface area contributed by atoms with Gasteiger partial charge in [-0.2, -0.15) is 0 Å². The van der Waals surface area contributed by atoms with Crippen molar-refractivity contribution in [1.29, 1.82) is 0 Å². The van der Waals surface area contributed by atoms with E-state index in [4.69, 9.17) is 21.8 Å². The minimum Gasteiger partial charge on any atom is -0.457 e. The summed E-state index contributed by atoms with van der Waals surface area (Å²) in [7, 11) is 0. The van der Waals surface area contributed by atoms with Gasteiger partial charge in [-0.15, -0.1) is 0 Å². The second kappa shape index (κ2) is 11.9. The minimum absolute atomic E-state index is 0.0580. The summed E-state index contributed by atoms with van der Waals surface area (Å²) in [5.74, 6) is -0.795. The molecule has 0 radical (unpaired) electrons. The zero-order chi connectivity index (χ0) is 27.4. The van der Waals surface area contributed by atoms with Crippen LogP contribution >= 0.6 is 11.6 Å². The number of aryl methyl sites for hydroxylation is 1. The van der Waals surface area contributed by atoms with Crippen molar-refractivity contribution in [2.24, 2.45) is 11.7 Å². The second-order valence-corrected chi connectivity index (χ2v) is 10.2. The van der Waals surface area contributed by atoms with E-state index >= 15 is 0 Å². The molecule has 7 heteroatoms. The first-order chi connectivity index (χ1) is 18.2. The molecule has 1 aromatic heterocycles. The third-order valence-electron chi connectivity index (χ3n) is 6.73. The van der Waals surface area contributed by atoms with Crippen LogP contribution in [0.2, 0.25) is 5.02 Å². The molecule has 1 atom stereocenters. The van der Waals surface area contributed by atoms with Gasteiger partial charge in [0.25, 0.3) is 5.91 Å². The molecule has 38 heavy (non-hydrogen) atoms. The van der Waals surface area contributed by atoms with Gasteiger partial charge in [0.05, 0.1) is 11.4 Å². The molecule has 0 spiro atoms. The number of halogens is 2. The van der Waals surface area contributed by atoms with E-state index in [0.29, 0.717) is 42.5 Å². The van der Waals surface area contributed by atoms with Gasteiger partial charge in [0.2, 0.25) is 5.43 Å². The van der Waals surface area contributed by atoms with Crippen molar-refractivity contribution >= 4 is 28.5 Å². The Balaban J connectivity index is 1.84. The molecule has 4 rings (SSSR count). The topological polar surface area (TPSA) is 76.5 Å². The predicted molar refractivity (Wildman–Crippen MR) is 150 cm³/mol. The molecule has 0 aliphatic heterocycles. The van der Waals surface area contributed by atoms with Crippen molar-refractivity contribution in [3.8, 4) is 0 Å². The van der Waals surface area contributed by atoms with Crippen LogP contribution in [0.1, 0.15) is 59.1 Å². The molecule has 0 aliphatic rings. The van der Waals surface area contributed by atoms with Gasteiger partial charge in [-0.1, -0.05) is 74.0 Å². The molecule has 1 unspecified atom stereocenters. The summed E-state index contributed by atoms with van der Waals surface area (Å²) in [4.78, 5) is 29.0. The zero-order valence-electron chi connectivity index (χ0n) is 21.8. The fourth-order valence-electron chi connectivity index (χ4n) is 4.78. The van der Waals surface area contributed by atoms with E-state index in [1.807, 2.05) is 56.3 Å². The molecule has 0 fully saturated rings. The fraction of sp³-hybridized carbons (Fsp3) is 0.290. The maximum Gasteiger partial charge on any atom is 0.254 e. The quantitative estimate of drug-likeness (QED) is 0.260. The molecular weight excluding hydrogens is 503 g/mol. The first kappa shape index (κ1) is 27.6. The van der Waals surface area contributed by atoms with Crippen LogP contribution in [0, 0.1) is 18.7 Å². The molecule has 0 saturated heterocycles. The van der Waals surface area contributed by atoms with E-state index in [-0.39, 0.29) is 33.6 Å². The smallest absolute Gasteiger partial charge is 0.254 e. The van der Waals surface area contributed by atoms with Gasteiger partial charge in [0.15, 0.2) is 0 Å². The Hall–Kier alpha value is -3.48. The maximum absolute atomic E-state index is 14.4. The van der Waals surface area contributed by atoms with E-state index in [1.54, 1.807) is 30.0 Å². The van der Waals surface area contributed by atoms with Gasteiger partial charge in [-0.3, -0.25) is 9.59 Å². The van der Waals surface area contributed by atoms with E-state index < -0.39 is 11.9 Å². The van der Waals surface area contributed by atoms with Crippen molar-refractivity contribution in [2.75, 3.05) is 13.1 Å². The highest BCUT2D eigenvalue weighted by atomic mass is 35.5. The van der Waals surface area contributed by atoms with Gasteiger partial charge in [0, 0.05) is 12.1 Å². The summed E-state index contributed by atoms with van der Waals surface area (Å²) in [5, 5.41) is 0.366. The second-order valence-electron chi connectivity index (χ2n) is 9.86. The number of amides is 1. The highest BCUT2D eigenvalue weighted by molar-refractivity contribution is 6.31. The lowest BCUT2D eigenvalue weighted by Gasteiger charge is -2.34. The molecule has 0 saturated carbocycles. The Bertz CT molecular complexity index is 1500. The van der Waals surface area contributed by atoms with Crippen LogP contribution in [-0.4, -0.2) is 23.9 Å². The van der Waals surface area contributed by atoms with Crippen LogP contribution in [0.25, 0.3) is 11.0 Å². The van der Waals surface area contributed by atoms with Crippen molar-refractivity contribution in [2.45, 2.75) is 39.7 Å². The number of nitrogens with two attached hydrogens (primary N) is 1. The number of carbonyl (C=O) groups is 1. The Morgan fingerprint density at radius 3 is 2.47 bits per heavy atom. The Morgan fingerprint density at radius 2 is 1.82 bits per heavy atom. The Labute approximate surface area is 227 Å². The van der Waals surface area contributed by atoms with Gasteiger partial charge in [0.1, 0.15) is 22.2 Å². The lowest BCUT2D eigenvalue weighted by atomic mass is 9.96. The third-order valence-corrected chi connectivity index (χ3v) is 7.09. The van der Waals surface area contributed by atoms with Gasteiger partial charge in [-0.05, 0) is 67.1 Å². The van der Waals surface area contributed by atoms with E-state index in [9.17, 15) is 14.0 Å². The van der Waals surface area contributed by atoms with E-state index in [0.717, 1.165) is 11.1 Å². The lowest BCUT2D eigenvalue weighted by Crippen LogP contribution is -2.39. The predicted octanol–water partition coefficient (Wildman–Crippen LogP) is 6.67. The van der Waals surface area contributed by atoms with Crippen LogP contribution in [-0.2, 0) is 6.42 Å². The number of hydrogen-bond donors (Lipinski definition) is 1. The summed E-state index contributed by atoms with van der Waals surface area (Å²) in [6, 6.07) is 19.1. The first-order valence-corrected chi connectivity index (χ1v) is 13.2. The Kier molecular flexibility index (Phi) is 8.65. The molecule has 198 valence electrons. The molecule has 1 heterocycles. The maximum atomic E-state index is 14.4. The van der Waals surface area contributed by atoms with Crippen LogP contribution < -0.4 is 11.2 Å². The molecule has 4 aromatic rings. The average molecular weight is 535 g/mol. The number of fused-ring (bicyclic) bond motifs is 1. The largest absolute Gasteiger partial charge is 0.457 e. The number of hydrogen-bond acceptors (Lipinski definition) is 4. The molecule has 5 nitrogen and oxygen atoms in total. The summed E-state index contributed by atoms with van der Waals surface area (Å²) in [5.41, 5.74) is 8.37. The van der Waals surface area contributed by atoms with Crippen LogP contribution in [0.15, 0.2) is 75.9 Å². The zero-order valence-corrected chi connectivity index (χ0v) is 22.6. The number of rotatable bonds is 9. The van der Waals surface area contributed by atoms with Gasteiger partial charge in [-0.25, -0.2) is 4.39 Å². The van der Waals surface area contributed by atoms with Gasteiger partial charge < -0.3 is 15.1 Å². The molecule has 0 bridgehead atoms. The summed E-state index contributed by atoms with van der Waals surface area (Å²) in [6.45, 7) is 6.14. The van der Waals surface area contributed by atoms with Gasteiger partial charge >= 0.3 is 0 Å². The molecule has 1 amide bonds. The number of nitrogens with zero attached hydrogens (tertiary/aromatic N) is 1. The highest BCUT2D eigenvalue weighted by Crippen LogP contribution is 2.36. The monoisotopic (exact) mass is 534 g/mol. The minimum atomic E-state index is -0.666. The molecule has 2 N–H and O–H groups in total. The normalized spacial score (nSPS) is 12.2.